The van der Waals surface area contributed by atoms with Crippen LogP contribution in [0.5, 0.6) is 0 Å². The number of carbonyl (C=O) groups is 4. The number of hydrogen-bond acceptors (Lipinski definition) is 4. The third-order valence-corrected chi connectivity index (χ3v) is 3.30. The van der Waals surface area contributed by atoms with Crippen molar-refractivity contribution in [1.29, 1.82) is 0 Å². The number of carboxylic acids is 2. The SMILES string of the molecule is C[C@H](NC(=O)CCCCCCCC(=O)N[C@@H](C)C(=O)O)C(=O)O. The van der Waals surface area contributed by atoms with Crippen molar-refractivity contribution in [2.24, 2.45) is 0 Å². The minimum atomic E-state index is -1.06. The van der Waals surface area contributed by atoms with Gasteiger partial charge in [0, 0.05) is 12.8 Å². The Hall–Kier alpha value is -2.12. The third-order valence-electron chi connectivity index (χ3n) is 3.30. The van der Waals surface area contributed by atoms with Gasteiger partial charge in [-0.25, -0.2) is 0 Å². The minimum absolute atomic E-state index is 0.276. The van der Waals surface area contributed by atoms with Crippen molar-refractivity contribution in [3.05, 3.63) is 0 Å². The van der Waals surface area contributed by atoms with Gasteiger partial charge in [0.2, 0.25) is 11.8 Å². The predicted molar refractivity (Wildman–Crippen MR) is 82.8 cm³/mol. The largest absolute Gasteiger partial charge is 0.480 e. The van der Waals surface area contributed by atoms with Crippen molar-refractivity contribution >= 4 is 23.8 Å². The van der Waals surface area contributed by atoms with Crippen LogP contribution in [0.3, 0.4) is 0 Å². The summed E-state index contributed by atoms with van der Waals surface area (Å²) in [4.78, 5) is 44.0. The van der Waals surface area contributed by atoms with E-state index in [1.807, 2.05) is 0 Å². The van der Waals surface area contributed by atoms with Gasteiger partial charge < -0.3 is 20.8 Å². The molecule has 0 aromatic rings. The molecule has 23 heavy (non-hydrogen) atoms. The van der Waals surface area contributed by atoms with Crippen LogP contribution in [-0.2, 0) is 19.2 Å². The zero-order valence-corrected chi connectivity index (χ0v) is 13.6. The Bertz CT molecular complexity index is 386. The second kappa shape index (κ2) is 11.4. The van der Waals surface area contributed by atoms with Gasteiger partial charge in [0.25, 0.3) is 0 Å². The molecule has 2 atom stereocenters. The number of unbranched alkanes of at least 4 members (excludes halogenated alkanes) is 4. The summed E-state index contributed by atoms with van der Waals surface area (Å²) in [6.45, 7) is 2.83. The van der Waals surface area contributed by atoms with Crippen molar-refractivity contribution in [3.8, 4) is 0 Å². The first kappa shape index (κ1) is 20.9. The van der Waals surface area contributed by atoms with Gasteiger partial charge in [-0.15, -0.1) is 0 Å². The van der Waals surface area contributed by atoms with E-state index in [1.54, 1.807) is 0 Å². The predicted octanol–water partition coefficient (Wildman–Crippen LogP) is 0.896. The molecule has 2 amide bonds. The molecule has 0 radical (unpaired) electrons. The van der Waals surface area contributed by atoms with Crippen LogP contribution in [0, 0.1) is 0 Å². The van der Waals surface area contributed by atoms with Crippen LogP contribution < -0.4 is 10.6 Å². The van der Waals surface area contributed by atoms with Gasteiger partial charge in [0.15, 0.2) is 0 Å². The van der Waals surface area contributed by atoms with Gasteiger partial charge in [0.1, 0.15) is 12.1 Å². The number of aliphatic carboxylic acids is 2. The molecule has 0 heterocycles. The molecule has 0 saturated carbocycles. The molecule has 0 aliphatic heterocycles. The van der Waals surface area contributed by atoms with E-state index in [0.29, 0.717) is 12.8 Å². The first-order valence-electron chi connectivity index (χ1n) is 7.78. The highest BCUT2D eigenvalue weighted by Gasteiger charge is 2.14. The Morgan fingerprint density at radius 1 is 0.696 bits per heavy atom. The summed E-state index contributed by atoms with van der Waals surface area (Å²) in [5.74, 6) is -2.67. The van der Waals surface area contributed by atoms with Crippen LogP contribution in [-0.4, -0.2) is 46.0 Å². The lowest BCUT2D eigenvalue weighted by atomic mass is 10.1. The van der Waals surface area contributed by atoms with E-state index < -0.39 is 24.0 Å². The van der Waals surface area contributed by atoms with Gasteiger partial charge in [-0.3, -0.25) is 19.2 Å². The Morgan fingerprint density at radius 3 is 1.30 bits per heavy atom. The smallest absolute Gasteiger partial charge is 0.325 e. The molecule has 0 aromatic heterocycles. The Balaban J connectivity index is 3.56. The monoisotopic (exact) mass is 330 g/mol. The zero-order chi connectivity index (χ0) is 17.8. The van der Waals surface area contributed by atoms with Crippen molar-refractivity contribution in [1.82, 2.24) is 10.6 Å². The van der Waals surface area contributed by atoms with E-state index in [2.05, 4.69) is 10.6 Å². The number of hydrogen-bond donors (Lipinski definition) is 4. The van der Waals surface area contributed by atoms with Crippen molar-refractivity contribution in [2.75, 3.05) is 0 Å². The molecule has 0 unspecified atom stereocenters. The van der Waals surface area contributed by atoms with E-state index in [-0.39, 0.29) is 24.7 Å². The average molecular weight is 330 g/mol. The van der Waals surface area contributed by atoms with E-state index in [0.717, 1.165) is 19.3 Å². The van der Waals surface area contributed by atoms with Crippen LogP contribution in [0.15, 0.2) is 0 Å². The standard InChI is InChI=1S/C15H26N2O6/c1-10(14(20)21)16-12(18)8-6-4-3-5-7-9-13(19)17-11(2)15(22)23/h10-11H,3-9H2,1-2H3,(H,16,18)(H,17,19)(H,20,21)(H,22,23)/t10-,11-/m0/s1. The number of rotatable bonds is 12. The summed E-state index contributed by atoms with van der Waals surface area (Å²) in [7, 11) is 0. The lowest BCUT2D eigenvalue weighted by Gasteiger charge is -2.09. The Labute approximate surface area is 135 Å². The first-order valence-corrected chi connectivity index (χ1v) is 7.78. The van der Waals surface area contributed by atoms with E-state index >= 15 is 0 Å². The number of nitrogens with one attached hydrogen (secondary N) is 2. The molecule has 0 aliphatic rings. The lowest BCUT2D eigenvalue weighted by molar-refractivity contribution is -0.141. The molecule has 0 rings (SSSR count). The number of amides is 2. The fraction of sp³-hybridized carbons (Fsp3) is 0.733. The number of carboxylic acid groups (broad SMARTS) is 2. The highest BCUT2D eigenvalue weighted by molar-refractivity contribution is 5.83. The van der Waals surface area contributed by atoms with Crippen molar-refractivity contribution < 1.29 is 29.4 Å². The highest BCUT2D eigenvalue weighted by Crippen LogP contribution is 2.07. The summed E-state index contributed by atoms with van der Waals surface area (Å²) in [5.41, 5.74) is 0. The molecule has 8 heteroatoms. The Morgan fingerprint density at radius 2 is 1.00 bits per heavy atom. The molecule has 0 saturated heterocycles. The molecule has 0 aromatic carbocycles. The maximum atomic E-state index is 11.4. The molecule has 0 aliphatic carbocycles. The lowest BCUT2D eigenvalue weighted by Crippen LogP contribution is -2.38. The van der Waals surface area contributed by atoms with E-state index in [9.17, 15) is 19.2 Å². The van der Waals surface area contributed by atoms with E-state index in [4.69, 9.17) is 10.2 Å². The average Bonchev–Trinajstić information content (AvgIpc) is 2.45. The fourth-order valence-corrected chi connectivity index (χ4v) is 1.85. The van der Waals surface area contributed by atoms with Crippen LogP contribution in [0.1, 0.15) is 58.8 Å². The van der Waals surface area contributed by atoms with Gasteiger partial charge in [-0.2, -0.15) is 0 Å². The molecule has 8 nitrogen and oxygen atoms in total. The first-order chi connectivity index (χ1) is 10.7. The molecular weight excluding hydrogens is 304 g/mol. The van der Waals surface area contributed by atoms with Gasteiger partial charge in [0.05, 0.1) is 0 Å². The third kappa shape index (κ3) is 11.1. The zero-order valence-electron chi connectivity index (χ0n) is 13.6. The molecular formula is C15H26N2O6. The molecule has 0 spiro atoms. The van der Waals surface area contributed by atoms with Gasteiger partial charge in [-0.1, -0.05) is 19.3 Å². The highest BCUT2D eigenvalue weighted by atomic mass is 16.4. The second-order valence-electron chi connectivity index (χ2n) is 5.52. The minimum Gasteiger partial charge on any atom is -0.480 e. The molecule has 0 fully saturated rings. The van der Waals surface area contributed by atoms with Crippen LogP contribution in [0.2, 0.25) is 0 Å². The van der Waals surface area contributed by atoms with Crippen LogP contribution in [0.4, 0.5) is 0 Å². The Kier molecular flexibility index (Phi) is 10.4. The summed E-state index contributed by atoms with van der Waals surface area (Å²) in [6, 6.07) is -1.76. The molecule has 0 bridgehead atoms. The van der Waals surface area contributed by atoms with Crippen molar-refractivity contribution in [3.63, 3.8) is 0 Å². The summed E-state index contributed by atoms with van der Waals surface area (Å²) < 4.78 is 0. The fourth-order valence-electron chi connectivity index (χ4n) is 1.85. The van der Waals surface area contributed by atoms with Gasteiger partial charge >= 0.3 is 11.9 Å². The van der Waals surface area contributed by atoms with Crippen LogP contribution in [0.25, 0.3) is 0 Å². The normalized spacial score (nSPS) is 13.0. The topological polar surface area (TPSA) is 133 Å². The number of carbonyl (C=O) groups excluding carboxylic acids is 2. The summed E-state index contributed by atoms with van der Waals surface area (Å²) in [5, 5.41) is 22.1. The molecule has 132 valence electrons. The quantitative estimate of drug-likeness (QED) is 0.393. The van der Waals surface area contributed by atoms with Crippen molar-refractivity contribution in [2.45, 2.75) is 70.9 Å². The maximum absolute atomic E-state index is 11.4. The summed E-state index contributed by atoms with van der Waals surface area (Å²) in [6.07, 6.45) is 4.41. The van der Waals surface area contributed by atoms with Gasteiger partial charge in [-0.05, 0) is 26.7 Å². The van der Waals surface area contributed by atoms with E-state index in [1.165, 1.54) is 13.8 Å². The second-order valence-corrected chi connectivity index (χ2v) is 5.52. The van der Waals surface area contributed by atoms with Crippen LogP contribution >= 0.6 is 0 Å². The summed E-state index contributed by atoms with van der Waals surface area (Å²) >= 11 is 0. The molecule has 4 N–H and O–H groups in total. The maximum Gasteiger partial charge on any atom is 0.325 e.